The zero-order valence-electron chi connectivity index (χ0n) is 24.7. The topological polar surface area (TPSA) is 17.8 Å². The Labute approximate surface area is 221 Å². The van der Waals surface area contributed by atoms with Crippen molar-refractivity contribution >= 4 is 0 Å². The van der Waals surface area contributed by atoms with Gasteiger partial charge in [0, 0.05) is 24.4 Å². The predicted molar refractivity (Wildman–Crippen MR) is 158 cm³/mol. The molecule has 1 rings (SSSR count). The van der Waals surface area contributed by atoms with Gasteiger partial charge < -0.3 is 4.57 Å². The van der Waals surface area contributed by atoms with Gasteiger partial charge in [0.25, 0.3) is 0 Å². The highest BCUT2D eigenvalue weighted by Gasteiger charge is 2.19. The average molecular weight is 489 g/mol. The molecule has 2 atom stereocenters. The molecule has 2 nitrogen and oxygen atoms in total. The third-order valence-electron chi connectivity index (χ3n) is 8.06. The largest absolute Gasteiger partial charge is 0.332 e. The van der Waals surface area contributed by atoms with Crippen LogP contribution in [0.4, 0.5) is 0 Å². The summed E-state index contributed by atoms with van der Waals surface area (Å²) >= 11 is 0. The van der Waals surface area contributed by atoms with Gasteiger partial charge in [-0.05, 0) is 26.2 Å². The van der Waals surface area contributed by atoms with E-state index in [1.54, 1.807) is 0 Å². The van der Waals surface area contributed by atoms with Crippen molar-refractivity contribution < 1.29 is 0 Å². The van der Waals surface area contributed by atoms with E-state index in [1.165, 1.54) is 160 Å². The average Bonchev–Trinajstić information content (AvgIpc) is 3.35. The lowest BCUT2D eigenvalue weighted by Crippen LogP contribution is -2.13. The molecule has 0 aliphatic heterocycles. The van der Waals surface area contributed by atoms with Gasteiger partial charge in [0.15, 0.2) is 0 Å². The molecule has 0 N–H and O–H groups in total. The Morgan fingerprint density at radius 3 is 1.34 bits per heavy atom. The molecule has 0 bridgehead atoms. The first-order valence-electron chi connectivity index (χ1n) is 16.3. The Bertz CT molecular complexity index is 549. The van der Waals surface area contributed by atoms with Crippen molar-refractivity contribution in [3.05, 3.63) is 18.2 Å². The zero-order chi connectivity index (χ0) is 25.4. The molecule has 0 fully saturated rings. The Morgan fingerprint density at radius 1 is 0.543 bits per heavy atom. The molecule has 0 amide bonds. The van der Waals surface area contributed by atoms with Gasteiger partial charge in [-0.25, -0.2) is 4.98 Å². The summed E-state index contributed by atoms with van der Waals surface area (Å²) in [5.41, 5.74) is 0. The van der Waals surface area contributed by atoms with Crippen LogP contribution in [0.1, 0.15) is 200 Å². The molecule has 1 aromatic rings. The molecule has 35 heavy (non-hydrogen) atoms. The highest BCUT2D eigenvalue weighted by atomic mass is 15.1. The van der Waals surface area contributed by atoms with Crippen LogP contribution in [0.2, 0.25) is 0 Å². The van der Waals surface area contributed by atoms with Gasteiger partial charge in [-0.2, -0.15) is 0 Å². The second kappa shape index (κ2) is 23.6. The molecule has 1 aromatic heterocycles. The van der Waals surface area contributed by atoms with Gasteiger partial charge in [-0.1, -0.05) is 156 Å². The molecule has 0 aromatic carbocycles. The number of imidazole rings is 1. The van der Waals surface area contributed by atoms with Crippen LogP contribution >= 0.6 is 0 Å². The number of nitrogens with zero attached hydrogens (tertiary/aromatic N) is 2. The van der Waals surface area contributed by atoms with Crippen molar-refractivity contribution in [3.8, 4) is 0 Å². The van der Waals surface area contributed by atoms with E-state index in [0.717, 1.165) is 0 Å². The monoisotopic (exact) mass is 489 g/mol. The lowest BCUT2D eigenvalue weighted by molar-refractivity contribution is 0.421. The highest BCUT2D eigenvalue weighted by Crippen LogP contribution is 2.30. The molecule has 0 aliphatic rings. The second-order valence-corrected chi connectivity index (χ2v) is 11.5. The molecule has 0 aliphatic carbocycles. The number of rotatable bonds is 26. The molecule has 0 radical (unpaired) electrons. The van der Waals surface area contributed by atoms with Crippen LogP contribution in [0.3, 0.4) is 0 Å². The summed E-state index contributed by atoms with van der Waals surface area (Å²) in [5.74, 6) is 2.04. The summed E-state index contributed by atoms with van der Waals surface area (Å²) in [6.45, 7) is 9.29. The summed E-state index contributed by atoms with van der Waals surface area (Å²) < 4.78 is 2.51. The minimum atomic E-state index is 0.584. The second-order valence-electron chi connectivity index (χ2n) is 11.5. The number of aromatic nitrogens is 2. The quantitative estimate of drug-likeness (QED) is 0.118. The molecular formula is C33H64N2. The molecular weight excluding hydrogens is 424 g/mol. The minimum absolute atomic E-state index is 0.584. The van der Waals surface area contributed by atoms with Gasteiger partial charge in [-0.3, -0.25) is 0 Å². The summed E-state index contributed by atoms with van der Waals surface area (Å²) in [4.78, 5) is 4.90. The Hall–Kier alpha value is -0.790. The standard InChI is InChI=1S/C33H64N2/c1-5-8-10-12-14-15-16-17-18-19-20-21-23-25-28-32(27-24-22-13-11-9-6-2)33-34-29-30-35(33)31(4)26-7-3/h29-32H,5-28H2,1-4H3. The SMILES string of the molecule is CCCCCCCCCCCCCCCCC(CCCCCCCC)c1nccn1C(C)CCC. The van der Waals surface area contributed by atoms with Crippen molar-refractivity contribution in [1.29, 1.82) is 0 Å². The van der Waals surface area contributed by atoms with Crippen molar-refractivity contribution in [2.45, 2.75) is 194 Å². The molecule has 2 heteroatoms. The van der Waals surface area contributed by atoms with Gasteiger partial charge in [-0.15, -0.1) is 0 Å². The Morgan fingerprint density at radius 2 is 0.943 bits per heavy atom. The maximum atomic E-state index is 4.90. The van der Waals surface area contributed by atoms with Gasteiger partial charge in [0.1, 0.15) is 5.82 Å². The van der Waals surface area contributed by atoms with Gasteiger partial charge in [0.05, 0.1) is 0 Å². The first kappa shape index (κ1) is 32.2. The smallest absolute Gasteiger partial charge is 0.111 e. The number of hydrogen-bond donors (Lipinski definition) is 0. The molecule has 2 unspecified atom stereocenters. The fourth-order valence-corrected chi connectivity index (χ4v) is 5.73. The molecule has 0 saturated heterocycles. The number of unbranched alkanes of at least 4 members (excludes halogenated alkanes) is 18. The first-order chi connectivity index (χ1) is 17.2. The summed E-state index contributed by atoms with van der Waals surface area (Å²) in [5, 5.41) is 0. The van der Waals surface area contributed by atoms with E-state index in [4.69, 9.17) is 4.98 Å². The van der Waals surface area contributed by atoms with Gasteiger partial charge in [0.2, 0.25) is 0 Å². The van der Waals surface area contributed by atoms with Crippen LogP contribution in [0.5, 0.6) is 0 Å². The van der Waals surface area contributed by atoms with Crippen molar-refractivity contribution in [2.24, 2.45) is 0 Å². The van der Waals surface area contributed by atoms with Crippen LogP contribution in [0, 0.1) is 0 Å². The van der Waals surface area contributed by atoms with Crippen molar-refractivity contribution in [2.75, 3.05) is 0 Å². The van der Waals surface area contributed by atoms with Crippen LogP contribution in [0.15, 0.2) is 12.4 Å². The Kier molecular flexibility index (Phi) is 21.7. The maximum Gasteiger partial charge on any atom is 0.111 e. The van der Waals surface area contributed by atoms with E-state index in [9.17, 15) is 0 Å². The molecule has 0 saturated carbocycles. The first-order valence-corrected chi connectivity index (χ1v) is 16.3. The van der Waals surface area contributed by atoms with Crippen LogP contribution in [-0.4, -0.2) is 9.55 Å². The van der Waals surface area contributed by atoms with E-state index >= 15 is 0 Å². The maximum absolute atomic E-state index is 4.90. The van der Waals surface area contributed by atoms with Crippen LogP contribution in [0.25, 0.3) is 0 Å². The van der Waals surface area contributed by atoms with Gasteiger partial charge >= 0.3 is 0 Å². The fourth-order valence-electron chi connectivity index (χ4n) is 5.73. The molecule has 0 spiro atoms. The third-order valence-corrected chi connectivity index (χ3v) is 8.06. The lowest BCUT2D eigenvalue weighted by atomic mass is 9.93. The Balaban J connectivity index is 2.26. The van der Waals surface area contributed by atoms with E-state index in [2.05, 4.69) is 44.7 Å². The van der Waals surface area contributed by atoms with Crippen molar-refractivity contribution in [1.82, 2.24) is 9.55 Å². The lowest BCUT2D eigenvalue weighted by Gasteiger charge is -2.22. The van der Waals surface area contributed by atoms with Crippen LogP contribution < -0.4 is 0 Å². The van der Waals surface area contributed by atoms with E-state index < -0.39 is 0 Å². The molecule has 206 valence electrons. The summed E-state index contributed by atoms with van der Waals surface area (Å²) in [7, 11) is 0. The van der Waals surface area contributed by atoms with E-state index in [1.807, 2.05) is 0 Å². The third kappa shape index (κ3) is 16.6. The fraction of sp³-hybridized carbons (Fsp3) is 0.909. The zero-order valence-corrected chi connectivity index (χ0v) is 24.7. The number of hydrogen-bond acceptors (Lipinski definition) is 1. The highest BCUT2D eigenvalue weighted by molar-refractivity contribution is 5.02. The molecule has 1 heterocycles. The van der Waals surface area contributed by atoms with E-state index in [-0.39, 0.29) is 0 Å². The summed E-state index contributed by atoms with van der Waals surface area (Å²) in [6, 6.07) is 0.584. The minimum Gasteiger partial charge on any atom is -0.332 e. The normalized spacial score (nSPS) is 13.4. The van der Waals surface area contributed by atoms with Crippen LogP contribution in [-0.2, 0) is 0 Å². The summed E-state index contributed by atoms with van der Waals surface area (Å²) in [6.07, 6.45) is 38.0. The van der Waals surface area contributed by atoms with E-state index in [0.29, 0.717) is 12.0 Å². The van der Waals surface area contributed by atoms with Crippen molar-refractivity contribution in [3.63, 3.8) is 0 Å². The predicted octanol–water partition coefficient (Wildman–Crippen LogP) is 11.9.